The van der Waals surface area contributed by atoms with Crippen LogP contribution < -0.4 is 10.5 Å². The average Bonchev–Trinajstić information content (AvgIpc) is 3.08. The van der Waals surface area contributed by atoms with E-state index in [-0.39, 0.29) is 24.5 Å². The first-order chi connectivity index (χ1) is 16.2. The number of hydrogen-bond acceptors (Lipinski definition) is 6. The zero-order valence-corrected chi connectivity index (χ0v) is 19.8. The Labute approximate surface area is 203 Å². The first-order valence-electron chi connectivity index (χ1n) is 9.99. The van der Waals surface area contributed by atoms with Crippen LogP contribution in [0.15, 0.2) is 51.7 Å². The SMILES string of the molecule is C[N+](C)(C)CC(=O)O.O=c1oc(-c2ccc(C(F)(F)F)cc2)nn1Cc1cc(Cl)ccc1OCO. The van der Waals surface area contributed by atoms with E-state index in [0.717, 1.165) is 28.9 Å². The van der Waals surface area contributed by atoms with Crippen LogP contribution in [-0.4, -0.2) is 64.9 Å². The molecule has 0 aliphatic carbocycles. The van der Waals surface area contributed by atoms with Crippen LogP contribution in [0.3, 0.4) is 0 Å². The maximum Gasteiger partial charge on any atom is 0.437 e. The topological polar surface area (TPSA) is 115 Å². The van der Waals surface area contributed by atoms with Crippen molar-refractivity contribution in [1.82, 2.24) is 9.78 Å². The maximum absolute atomic E-state index is 12.6. The highest BCUT2D eigenvalue weighted by Gasteiger charge is 2.30. The molecule has 3 rings (SSSR count). The number of aliphatic hydroxyl groups is 1. The van der Waals surface area contributed by atoms with Gasteiger partial charge in [-0.15, -0.1) is 5.10 Å². The van der Waals surface area contributed by atoms with Gasteiger partial charge < -0.3 is 23.9 Å². The Morgan fingerprint density at radius 3 is 2.29 bits per heavy atom. The minimum Gasteiger partial charge on any atom is -0.477 e. The van der Waals surface area contributed by atoms with Crippen molar-refractivity contribution in [2.24, 2.45) is 0 Å². The van der Waals surface area contributed by atoms with E-state index in [1.165, 1.54) is 12.1 Å². The monoisotopic (exact) mass is 518 g/mol. The summed E-state index contributed by atoms with van der Waals surface area (Å²) >= 11 is 5.93. The Morgan fingerprint density at radius 1 is 1.17 bits per heavy atom. The van der Waals surface area contributed by atoms with E-state index < -0.39 is 30.3 Å². The predicted molar refractivity (Wildman–Crippen MR) is 120 cm³/mol. The zero-order valence-electron chi connectivity index (χ0n) is 19.0. The molecule has 3 aromatic rings. The summed E-state index contributed by atoms with van der Waals surface area (Å²) in [4.78, 5) is 22.0. The van der Waals surface area contributed by atoms with E-state index in [0.29, 0.717) is 20.8 Å². The van der Waals surface area contributed by atoms with Crippen molar-refractivity contribution in [3.8, 4) is 17.2 Å². The molecule has 1 aromatic heterocycles. The van der Waals surface area contributed by atoms with Crippen molar-refractivity contribution in [3.05, 3.63) is 69.2 Å². The molecule has 2 N–H and O–H groups in total. The van der Waals surface area contributed by atoms with Crippen molar-refractivity contribution < 1.29 is 41.8 Å². The fraction of sp³-hybridized carbons (Fsp3) is 0.318. The molecule has 1 heterocycles. The number of carboxylic acids is 1. The van der Waals surface area contributed by atoms with Gasteiger partial charge in [-0.2, -0.15) is 17.9 Å². The molecule has 190 valence electrons. The van der Waals surface area contributed by atoms with Gasteiger partial charge in [0.15, 0.2) is 13.3 Å². The largest absolute Gasteiger partial charge is 0.477 e. The third kappa shape index (κ3) is 8.74. The molecule has 0 unspecified atom stereocenters. The number of carbonyl (C=O) groups is 1. The van der Waals surface area contributed by atoms with Gasteiger partial charge in [-0.05, 0) is 42.5 Å². The number of alkyl halides is 3. The molecular formula is C22H24ClF3N3O6+. The predicted octanol–water partition coefficient (Wildman–Crippen LogP) is 3.33. The molecule has 13 heteroatoms. The molecule has 0 aliphatic rings. The number of likely N-dealkylation sites (N-methyl/N-ethyl adjacent to an activating group) is 1. The van der Waals surface area contributed by atoms with Crippen LogP contribution in [0.2, 0.25) is 5.02 Å². The average molecular weight is 519 g/mol. The first-order valence-corrected chi connectivity index (χ1v) is 10.4. The second-order valence-corrected chi connectivity index (χ2v) is 8.71. The Bertz CT molecular complexity index is 1200. The zero-order chi connectivity index (χ0) is 26.4. The number of ether oxygens (including phenoxy) is 1. The third-order valence-electron chi connectivity index (χ3n) is 4.24. The molecule has 9 nitrogen and oxygen atoms in total. The van der Waals surface area contributed by atoms with Gasteiger partial charge >= 0.3 is 17.9 Å². The summed E-state index contributed by atoms with van der Waals surface area (Å²) < 4.78 is 49.4. The summed E-state index contributed by atoms with van der Waals surface area (Å²) in [6, 6.07) is 8.68. The molecule has 35 heavy (non-hydrogen) atoms. The number of benzene rings is 2. The molecule has 0 aliphatic heterocycles. The van der Waals surface area contributed by atoms with Gasteiger partial charge in [0, 0.05) is 16.1 Å². The lowest BCUT2D eigenvalue weighted by atomic mass is 10.1. The smallest absolute Gasteiger partial charge is 0.437 e. The van der Waals surface area contributed by atoms with Gasteiger partial charge in [0.25, 0.3) is 0 Å². The number of rotatable bonds is 7. The van der Waals surface area contributed by atoms with Gasteiger partial charge in [0.05, 0.1) is 33.3 Å². The highest BCUT2D eigenvalue weighted by molar-refractivity contribution is 6.30. The number of aliphatic carboxylic acids is 1. The fourth-order valence-corrected chi connectivity index (χ4v) is 2.97. The highest BCUT2D eigenvalue weighted by atomic mass is 35.5. The Balaban J connectivity index is 0.000000466. The molecule has 0 radical (unpaired) electrons. The quantitative estimate of drug-likeness (QED) is 0.364. The van der Waals surface area contributed by atoms with Crippen LogP contribution in [0.4, 0.5) is 13.2 Å². The van der Waals surface area contributed by atoms with Gasteiger partial charge in [-0.3, -0.25) is 0 Å². The molecule has 0 spiro atoms. The standard InChI is InChI=1S/C17H12ClF3N2O4.C5H11NO2/c18-13-5-6-14(26-9-24)11(7-13)8-23-16(25)27-15(22-23)10-1-3-12(4-2-10)17(19,20)21;1-6(2,3)4-5(7)8/h1-7,24H,8-9H2;4H2,1-3H3/p+1. The van der Waals surface area contributed by atoms with Gasteiger partial charge in [-0.25, -0.2) is 9.59 Å². The van der Waals surface area contributed by atoms with Crippen LogP contribution in [0.25, 0.3) is 11.5 Å². The minimum atomic E-state index is -4.46. The van der Waals surface area contributed by atoms with Crippen molar-refractivity contribution in [3.63, 3.8) is 0 Å². The summed E-state index contributed by atoms with van der Waals surface area (Å²) in [6.07, 6.45) is -4.46. The Morgan fingerprint density at radius 2 is 1.80 bits per heavy atom. The lowest BCUT2D eigenvalue weighted by molar-refractivity contribution is -0.862. The van der Waals surface area contributed by atoms with Crippen molar-refractivity contribution in [2.45, 2.75) is 12.7 Å². The number of halogens is 4. The van der Waals surface area contributed by atoms with Crippen LogP contribution in [0, 0.1) is 0 Å². The molecule has 0 atom stereocenters. The van der Waals surface area contributed by atoms with Crippen LogP contribution in [0.1, 0.15) is 11.1 Å². The molecule has 0 bridgehead atoms. The lowest BCUT2D eigenvalue weighted by Crippen LogP contribution is -2.39. The van der Waals surface area contributed by atoms with Gasteiger partial charge in [-0.1, -0.05) is 11.6 Å². The van der Waals surface area contributed by atoms with Gasteiger partial charge in [0.2, 0.25) is 5.89 Å². The fourth-order valence-electron chi connectivity index (χ4n) is 2.77. The summed E-state index contributed by atoms with van der Waals surface area (Å²) in [5, 5.41) is 21.5. The molecular weight excluding hydrogens is 495 g/mol. The number of carboxylic acid groups (broad SMARTS) is 1. The minimum absolute atomic E-state index is 0.0706. The number of hydrogen-bond donors (Lipinski definition) is 2. The number of aromatic nitrogens is 2. The molecule has 0 saturated carbocycles. The Kier molecular flexibility index (Phi) is 9.07. The van der Waals surface area contributed by atoms with E-state index in [9.17, 15) is 22.8 Å². The lowest BCUT2D eigenvalue weighted by Gasteiger charge is -2.20. The van der Waals surface area contributed by atoms with Crippen molar-refractivity contribution in [1.29, 1.82) is 0 Å². The maximum atomic E-state index is 12.6. The number of quaternary nitrogens is 1. The summed E-state index contributed by atoms with van der Waals surface area (Å²) in [5.74, 6) is -1.38. The van der Waals surface area contributed by atoms with E-state index in [2.05, 4.69) is 5.10 Å². The molecule has 0 fully saturated rings. The van der Waals surface area contributed by atoms with E-state index in [4.69, 9.17) is 31.0 Å². The molecule has 0 saturated heterocycles. The van der Waals surface area contributed by atoms with E-state index in [1.54, 1.807) is 6.07 Å². The van der Waals surface area contributed by atoms with Gasteiger partial charge in [0.1, 0.15) is 5.75 Å². The second kappa shape index (κ2) is 11.4. The normalized spacial score (nSPS) is 11.5. The van der Waals surface area contributed by atoms with Crippen molar-refractivity contribution >= 4 is 17.6 Å². The van der Waals surface area contributed by atoms with E-state index >= 15 is 0 Å². The summed E-state index contributed by atoms with van der Waals surface area (Å²) in [7, 11) is 5.52. The molecule has 0 amide bonds. The first kappa shape index (κ1) is 27.9. The third-order valence-corrected chi connectivity index (χ3v) is 4.47. The number of aliphatic hydroxyl groups excluding tert-OH is 1. The Hall–Kier alpha value is -3.35. The van der Waals surface area contributed by atoms with Crippen LogP contribution >= 0.6 is 11.6 Å². The van der Waals surface area contributed by atoms with Crippen LogP contribution in [0.5, 0.6) is 5.75 Å². The molecule has 2 aromatic carbocycles. The highest BCUT2D eigenvalue weighted by Crippen LogP contribution is 2.30. The summed E-state index contributed by atoms with van der Waals surface area (Å²) in [5.41, 5.74) is -0.138. The second-order valence-electron chi connectivity index (χ2n) is 8.27. The number of nitrogens with zero attached hydrogens (tertiary/aromatic N) is 3. The van der Waals surface area contributed by atoms with E-state index in [1.807, 2.05) is 21.1 Å². The summed E-state index contributed by atoms with van der Waals surface area (Å²) in [6.45, 7) is -0.460. The van der Waals surface area contributed by atoms with Crippen molar-refractivity contribution in [2.75, 3.05) is 34.5 Å². The van der Waals surface area contributed by atoms with Crippen LogP contribution in [-0.2, 0) is 17.5 Å².